The highest BCUT2D eigenvalue weighted by Gasteiger charge is 1.97. The molecule has 0 spiro atoms. The highest BCUT2D eigenvalue weighted by atomic mass is 32.2. The summed E-state index contributed by atoms with van der Waals surface area (Å²) < 4.78 is 10.8. The Bertz CT molecular complexity index is 200. The first kappa shape index (κ1) is 11.6. The Kier molecular flexibility index (Phi) is 5.99. The van der Waals surface area contributed by atoms with Crippen LogP contribution in [0.15, 0.2) is 23.8 Å². The van der Waals surface area contributed by atoms with E-state index in [9.17, 15) is 4.21 Å². The van der Waals surface area contributed by atoms with Crippen molar-refractivity contribution < 1.29 is 4.21 Å². The van der Waals surface area contributed by atoms with Crippen LogP contribution in [0.3, 0.4) is 0 Å². The van der Waals surface area contributed by atoms with Gasteiger partial charge in [0, 0.05) is 22.8 Å². The molecule has 1 nitrogen and oxygen atoms in total. The van der Waals surface area contributed by atoms with Gasteiger partial charge in [-0.15, -0.1) is 0 Å². The first-order valence-electron chi connectivity index (χ1n) is 4.14. The van der Waals surface area contributed by atoms with E-state index in [0.29, 0.717) is 5.92 Å². The zero-order valence-corrected chi connectivity index (χ0v) is 9.15. The summed E-state index contributed by atoms with van der Waals surface area (Å²) in [4.78, 5) is 0. The second kappa shape index (κ2) is 6.18. The molecular weight excluding hydrogens is 168 g/mol. The van der Waals surface area contributed by atoms with Crippen molar-refractivity contribution in [3.05, 3.63) is 23.8 Å². The Balaban J connectivity index is 3.83. The van der Waals surface area contributed by atoms with Crippen LogP contribution in [0.5, 0.6) is 0 Å². The maximum Gasteiger partial charge on any atom is 0.0292 e. The topological polar surface area (TPSA) is 17.1 Å². The minimum absolute atomic E-state index is 0.409. The van der Waals surface area contributed by atoms with E-state index in [0.717, 1.165) is 5.75 Å². The van der Waals surface area contributed by atoms with Gasteiger partial charge in [0.25, 0.3) is 0 Å². The van der Waals surface area contributed by atoms with Gasteiger partial charge in [0.15, 0.2) is 0 Å². The van der Waals surface area contributed by atoms with E-state index in [1.54, 1.807) is 6.26 Å². The molecule has 2 heteroatoms. The summed E-state index contributed by atoms with van der Waals surface area (Å²) in [5.41, 5.74) is 1.29. The highest BCUT2D eigenvalue weighted by Crippen LogP contribution is 2.00. The minimum atomic E-state index is -0.682. The molecule has 12 heavy (non-hydrogen) atoms. The van der Waals surface area contributed by atoms with E-state index in [1.807, 2.05) is 6.08 Å². The lowest BCUT2D eigenvalue weighted by molar-refractivity contribution is 0.679. The lowest BCUT2D eigenvalue weighted by atomic mass is 10.2. The van der Waals surface area contributed by atoms with E-state index >= 15 is 0 Å². The summed E-state index contributed by atoms with van der Waals surface area (Å²) in [6, 6.07) is 0. The third kappa shape index (κ3) is 7.73. The molecule has 0 radical (unpaired) electrons. The van der Waals surface area contributed by atoms with Crippen molar-refractivity contribution in [1.29, 1.82) is 0 Å². The van der Waals surface area contributed by atoms with Crippen LogP contribution in [-0.2, 0) is 10.8 Å². The van der Waals surface area contributed by atoms with Crippen LogP contribution >= 0.6 is 0 Å². The Labute approximate surface area is 78.0 Å². The molecule has 0 aliphatic heterocycles. The monoisotopic (exact) mass is 186 g/mol. The van der Waals surface area contributed by atoms with Crippen LogP contribution in [-0.4, -0.2) is 16.2 Å². The molecule has 0 aromatic rings. The lowest BCUT2D eigenvalue weighted by Gasteiger charge is -2.00. The molecule has 0 aromatic heterocycles. The zero-order valence-electron chi connectivity index (χ0n) is 8.33. The molecule has 0 bridgehead atoms. The van der Waals surface area contributed by atoms with Crippen molar-refractivity contribution >= 4 is 10.8 Å². The van der Waals surface area contributed by atoms with E-state index in [-0.39, 0.29) is 0 Å². The first-order valence-corrected chi connectivity index (χ1v) is 5.87. The quantitative estimate of drug-likeness (QED) is 0.617. The molecule has 0 rings (SSSR count). The second-order valence-electron chi connectivity index (χ2n) is 3.35. The van der Waals surface area contributed by atoms with Gasteiger partial charge in [0.05, 0.1) is 0 Å². The summed E-state index contributed by atoms with van der Waals surface area (Å²) in [5.74, 6) is 1.17. The third-order valence-electron chi connectivity index (χ3n) is 1.37. The fourth-order valence-electron chi connectivity index (χ4n) is 0.863. The Hall–Kier alpha value is -0.370. The van der Waals surface area contributed by atoms with Crippen molar-refractivity contribution in [3.63, 3.8) is 0 Å². The molecule has 70 valence electrons. The smallest absolute Gasteiger partial charge is 0.0292 e. The number of hydrogen-bond donors (Lipinski definition) is 0. The van der Waals surface area contributed by atoms with Crippen LogP contribution in [0, 0.1) is 5.92 Å². The Morgan fingerprint density at radius 1 is 1.50 bits per heavy atom. The molecule has 0 aliphatic carbocycles. The molecule has 0 saturated carbocycles. The molecule has 0 aromatic carbocycles. The average molecular weight is 186 g/mol. The van der Waals surface area contributed by atoms with Crippen molar-refractivity contribution in [3.8, 4) is 0 Å². The normalized spacial score (nSPS) is 16.0. The van der Waals surface area contributed by atoms with Gasteiger partial charge in [0.1, 0.15) is 0 Å². The predicted molar refractivity (Wildman–Crippen MR) is 56.7 cm³/mol. The van der Waals surface area contributed by atoms with E-state index in [4.69, 9.17) is 0 Å². The summed E-state index contributed by atoms with van der Waals surface area (Å²) in [7, 11) is -0.682. The highest BCUT2D eigenvalue weighted by molar-refractivity contribution is 7.84. The molecule has 2 atom stereocenters. The Morgan fingerprint density at radius 2 is 2.08 bits per heavy atom. The summed E-state index contributed by atoms with van der Waals surface area (Å²) >= 11 is 0. The molecule has 0 aliphatic rings. The van der Waals surface area contributed by atoms with E-state index < -0.39 is 10.8 Å². The number of hydrogen-bond acceptors (Lipinski definition) is 1. The second-order valence-corrected chi connectivity index (χ2v) is 4.83. The summed E-state index contributed by atoms with van der Waals surface area (Å²) in [6.07, 6.45) is 7.93. The molecule has 0 heterocycles. The van der Waals surface area contributed by atoms with Crippen molar-refractivity contribution in [2.45, 2.75) is 20.8 Å². The number of rotatable bonds is 4. The predicted octanol–water partition coefficient (Wildman–Crippen LogP) is 2.52. The van der Waals surface area contributed by atoms with Crippen LogP contribution in [0.25, 0.3) is 0 Å². The van der Waals surface area contributed by atoms with Gasteiger partial charge in [-0.3, -0.25) is 4.21 Å². The van der Waals surface area contributed by atoms with Crippen molar-refractivity contribution in [2.24, 2.45) is 5.92 Å². The average Bonchev–Trinajstić information content (AvgIpc) is 1.84. The first-order chi connectivity index (χ1) is 5.52. The maximum atomic E-state index is 10.8. The van der Waals surface area contributed by atoms with Gasteiger partial charge < -0.3 is 0 Å². The largest absolute Gasteiger partial charge is 0.260 e. The van der Waals surface area contributed by atoms with Crippen LogP contribution in [0.2, 0.25) is 0 Å². The van der Waals surface area contributed by atoms with Crippen LogP contribution in [0.4, 0.5) is 0 Å². The van der Waals surface area contributed by atoms with E-state index in [2.05, 4.69) is 32.9 Å². The molecule has 0 amide bonds. The maximum absolute atomic E-state index is 10.8. The summed E-state index contributed by atoms with van der Waals surface area (Å²) in [6.45, 7) is 6.21. The standard InChI is InChI=1S/C10H18OS/c1-9(2)6-5-7-10(3)8-12(4)11/h5-7,10H,8H2,1-4H3/b7-5+. The van der Waals surface area contributed by atoms with Gasteiger partial charge >= 0.3 is 0 Å². The van der Waals surface area contributed by atoms with Gasteiger partial charge in [-0.25, -0.2) is 0 Å². The van der Waals surface area contributed by atoms with Gasteiger partial charge in [0.2, 0.25) is 0 Å². The Morgan fingerprint density at radius 3 is 2.50 bits per heavy atom. The molecule has 0 fully saturated rings. The van der Waals surface area contributed by atoms with Crippen LogP contribution in [0.1, 0.15) is 20.8 Å². The molecule has 0 N–H and O–H groups in total. The molecule has 2 unspecified atom stereocenters. The van der Waals surface area contributed by atoms with Crippen molar-refractivity contribution in [2.75, 3.05) is 12.0 Å². The SMILES string of the molecule is CC(C)=C/C=C/C(C)CS(C)=O. The molecule has 0 saturated heterocycles. The van der Waals surface area contributed by atoms with Gasteiger partial charge in [-0.2, -0.15) is 0 Å². The fourth-order valence-corrected chi connectivity index (χ4v) is 1.72. The van der Waals surface area contributed by atoms with Gasteiger partial charge in [-0.05, 0) is 19.8 Å². The van der Waals surface area contributed by atoms with Crippen molar-refractivity contribution in [1.82, 2.24) is 0 Å². The third-order valence-corrected chi connectivity index (χ3v) is 2.36. The van der Waals surface area contributed by atoms with Crippen LogP contribution < -0.4 is 0 Å². The fraction of sp³-hybridized carbons (Fsp3) is 0.600. The zero-order chi connectivity index (χ0) is 9.56. The summed E-state index contributed by atoms with van der Waals surface area (Å²) in [5, 5.41) is 0. The van der Waals surface area contributed by atoms with E-state index in [1.165, 1.54) is 5.57 Å². The lowest BCUT2D eigenvalue weighted by Crippen LogP contribution is -2.02. The number of allylic oxidation sites excluding steroid dienone is 4. The van der Waals surface area contributed by atoms with Gasteiger partial charge in [-0.1, -0.05) is 30.7 Å². The molecular formula is C10H18OS. The minimum Gasteiger partial charge on any atom is -0.260 e.